The minimum Gasteiger partial charge on any atom is -0.482 e. The quantitative estimate of drug-likeness (QED) is 0.171. The van der Waals surface area contributed by atoms with Crippen molar-refractivity contribution in [2.75, 3.05) is 18.1 Å². The lowest BCUT2D eigenvalue weighted by Crippen LogP contribution is -2.09. The maximum Gasteiger partial charge on any atom is 0.341 e. The fourth-order valence-corrected chi connectivity index (χ4v) is 5.68. The molecule has 7 heteroatoms. The largest absolute Gasteiger partial charge is 0.482 e. The predicted molar refractivity (Wildman–Crippen MR) is 176 cm³/mol. The van der Waals surface area contributed by atoms with E-state index in [1.807, 2.05) is 82.3 Å². The second-order valence-corrected chi connectivity index (χ2v) is 11.9. The topological polar surface area (TPSA) is 83.8 Å². The van der Waals surface area contributed by atoms with Crippen LogP contribution in [0.1, 0.15) is 41.7 Å². The summed E-state index contributed by atoms with van der Waals surface area (Å²) >= 11 is 3.37. The van der Waals surface area contributed by atoms with Crippen molar-refractivity contribution < 1.29 is 24.5 Å². The van der Waals surface area contributed by atoms with Gasteiger partial charge in [0.15, 0.2) is 6.61 Å². The van der Waals surface area contributed by atoms with E-state index in [2.05, 4.69) is 35.8 Å². The van der Waals surface area contributed by atoms with E-state index in [-0.39, 0.29) is 13.0 Å². The van der Waals surface area contributed by atoms with Gasteiger partial charge in [-0.05, 0) is 104 Å². The van der Waals surface area contributed by atoms with Gasteiger partial charge < -0.3 is 14.9 Å². The van der Waals surface area contributed by atoms with Crippen LogP contribution in [-0.4, -0.2) is 40.3 Å². The molecule has 5 nitrogen and oxygen atoms in total. The minimum absolute atomic E-state index is 0.0421. The average molecular weight is 611 g/mol. The predicted octanol–water partition coefficient (Wildman–Crippen LogP) is 7.57. The first kappa shape index (κ1) is 33.2. The molecule has 2 N–H and O–H groups in total. The van der Waals surface area contributed by atoms with Gasteiger partial charge in [-0.25, -0.2) is 4.79 Å². The first-order valence-corrected chi connectivity index (χ1v) is 15.6. The van der Waals surface area contributed by atoms with Gasteiger partial charge in [0.2, 0.25) is 0 Å². The molecule has 0 heterocycles. The molecule has 0 fully saturated rings. The molecule has 0 amide bonds. The SMILES string of the molecule is CC(C#Cc1cccc(C#CC(C)=CCSc2ccc(OCC(=O)O)c(C)c2)c1)=CCSc1ccc(CC(=O)O)c(C)c1. The molecule has 3 aromatic rings. The lowest BCUT2D eigenvalue weighted by molar-refractivity contribution is -0.139. The number of rotatable bonds is 11. The van der Waals surface area contributed by atoms with Crippen LogP contribution < -0.4 is 4.74 Å². The molecule has 0 saturated heterocycles. The number of hydrogen-bond acceptors (Lipinski definition) is 5. The van der Waals surface area contributed by atoms with Crippen molar-refractivity contribution >= 4 is 35.5 Å². The van der Waals surface area contributed by atoms with Crippen LogP contribution in [0.15, 0.2) is 93.8 Å². The van der Waals surface area contributed by atoms with Gasteiger partial charge in [-0.2, -0.15) is 0 Å². The Morgan fingerprint density at radius 1 is 0.767 bits per heavy atom. The van der Waals surface area contributed by atoms with Crippen LogP contribution in [0.5, 0.6) is 5.75 Å². The van der Waals surface area contributed by atoms with Gasteiger partial charge in [0.1, 0.15) is 5.75 Å². The Labute approximate surface area is 262 Å². The van der Waals surface area contributed by atoms with Crippen molar-refractivity contribution in [3.05, 3.63) is 112 Å². The normalized spacial score (nSPS) is 11.2. The van der Waals surface area contributed by atoms with Crippen LogP contribution in [0.3, 0.4) is 0 Å². The molecule has 0 spiro atoms. The molecule has 43 heavy (non-hydrogen) atoms. The van der Waals surface area contributed by atoms with E-state index in [1.165, 1.54) is 0 Å². The molecule has 220 valence electrons. The number of aryl methyl sites for hydroxylation is 2. The third kappa shape index (κ3) is 12.2. The molecule has 0 aliphatic heterocycles. The molecule has 0 radical (unpaired) electrons. The zero-order valence-electron chi connectivity index (χ0n) is 24.7. The second-order valence-electron chi connectivity index (χ2n) is 9.75. The molecule has 3 rings (SSSR count). The smallest absolute Gasteiger partial charge is 0.341 e. The summed E-state index contributed by atoms with van der Waals surface area (Å²) in [4.78, 5) is 23.9. The number of benzene rings is 3. The van der Waals surface area contributed by atoms with E-state index >= 15 is 0 Å². The van der Waals surface area contributed by atoms with Gasteiger partial charge in [0.25, 0.3) is 0 Å². The summed E-state index contributed by atoms with van der Waals surface area (Å²) in [5.41, 5.74) is 6.49. The summed E-state index contributed by atoms with van der Waals surface area (Å²) in [7, 11) is 0. The third-order valence-electron chi connectivity index (χ3n) is 6.10. The van der Waals surface area contributed by atoms with Crippen molar-refractivity contribution in [2.24, 2.45) is 0 Å². The highest BCUT2D eigenvalue weighted by atomic mass is 32.2. The third-order valence-corrected chi connectivity index (χ3v) is 7.94. The summed E-state index contributed by atoms with van der Waals surface area (Å²) in [5.74, 6) is 13.2. The van der Waals surface area contributed by atoms with Gasteiger partial charge in [0, 0.05) is 32.4 Å². The number of carboxylic acid groups (broad SMARTS) is 2. The highest BCUT2D eigenvalue weighted by Crippen LogP contribution is 2.26. The van der Waals surface area contributed by atoms with Crippen LogP contribution in [0.4, 0.5) is 0 Å². The van der Waals surface area contributed by atoms with E-state index < -0.39 is 11.9 Å². The number of hydrogen-bond donors (Lipinski definition) is 2. The van der Waals surface area contributed by atoms with Gasteiger partial charge >= 0.3 is 11.9 Å². The minimum atomic E-state index is -0.996. The average Bonchev–Trinajstić information content (AvgIpc) is 2.96. The summed E-state index contributed by atoms with van der Waals surface area (Å²) in [6.45, 7) is 7.47. The summed E-state index contributed by atoms with van der Waals surface area (Å²) in [6.07, 6.45) is 4.22. The van der Waals surface area contributed by atoms with E-state index in [9.17, 15) is 9.59 Å². The second kappa shape index (κ2) is 17.0. The monoisotopic (exact) mass is 610 g/mol. The van der Waals surface area contributed by atoms with Crippen molar-refractivity contribution in [2.45, 2.75) is 43.9 Å². The van der Waals surface area contributed by atoms with Crippen LogP contribution in [0.2, 0.25) is 0 Å². The molecule has 0 unspecified atom stereocenters. The van der Waals surface area contributed by atoms with Crippen LogP contribution in [0, 0.1) is 37.5 Å². The summed E-state index contributed by atoms with van der Waals surface area (Å²) < 4.78 is 5.29. The van der Waals surface area contributed by atoms with Crippen molar-refractivity contribution in [3.8, 4) is 29.4 Å². The number of allylic oxidation sites excluding steroid dienone is 2. The van der Waals surface area contributed by atoms with Gasteiger partial charge in [0.05, 0.1) is 6.42 Å². The number of carboxylic acids is 2. The standard InChI is InChI=1S/C36H34O5S2/c1-25(16-18-42-32-13-12-31(23-35(37)38)27(3)20-32)8-10-29-6-5-7-30(22-29)11-9-26(2)17-19-43-33-14-15-34(28(4)21-33)41-24-36(39)40/h5-7,12-17,20-22H,18-19,23-24H2,1-4H3,(H,37,38)(H,39,40). The van der Waals surface area contributed by atoms with Crippen LogP contribution >= 0.6 is 23.5 Å². The van der Waals surface area contributed by atoms with Crippen LogP contribution in [-0.2, 0) is 16.0 Å². The first-order valence-electron chi connectivity index (χ1n) is 13.6. The molecule has 0 aliphatic carbocycles. The Hall–Kier alpha value is -4.30. The molecule has 0 atom stereocenters. The zero-order valence-corrected chi connectivity index (χ0v) is 26.3. The Morgan fingerprint density at radius 3 is 1.84 bits per heavy atom. The number of carbonyl (C=O) groups is 2. The van der Waals surface area contributed by atoms with Gasteiger partial charge in [-0.15, -0.1) is 23.5 Å². The Balaban J connectivity index is 1.52. The Bertz CT molecular complexity index is 1660. The zero-order chi connectivity index (χ0) is 31.2. The van der Waals surface area contributed by atoms with Gasteiger partial charge in [-0.3, -0.25) is 4.79 Å². The van der Waals surface area contributed by atoms with E-state index in [0.717, 1.165) is 60.3 Å². The van der Waals surface area contributed by atoms with Gasteiger partial charge in [-0.1, -0.05) is 48.0 Å². The van der Waals surface area contributed by atoms with E-state index in [4.69, 9.17) is 14.9 Å². The summed E-state index contributed by atoms with van der Waals surface area (Å²) in [6, 6.07) is 19.5. The lowest BCUT2D eigenvalue weighted by atomic mass is 10.1. The summed E-state index contributed by atoms with van der Waals surface area (Å²) in [5, 5.41) is 17.8. The highest BCUT2D eigenvalue weighted by Gasteiger charge is 2.06. The molecular formula is C36H34O5S2. The molecule has 0 saturated carbocycles. The fraction of sp³-hybridized carbons (Fsp3) is 0.222. The molecule has 3 aromatic carbocycles. The maximum absolute atomic E-state index is 11.0. The maximum atomic E-state index is 11.0. The molecule has 0 bridgehead atoms. The number of ether oxygens (including phenoxy) is 1. The van der Waals surface area contributed by atoms with E-state index in [1.54, 1.807) is 29.6 Å². The highest BCUT2D eigenvalue weighted by molar-refractivity contribution is 7.99. The lowest BCUT2D eigenvalue weighted by Gasteiger charge is -2.08. The molecule has 0 aromatic heterocycles. The fourth-order valence-electron chi connectivity index (χ4n) is 3.78. The molecule has 0 aliphatic rings. The van der Waals surface area contributed by atoms with Crippen LogP contribution in [0.25, 0.3) is 0 Å². The number of thioether (sulfide) groups is 2. The van der Waals surface area contributed by atoms with Crippen molar-refractivity contribution in [3.63, 3.8) is 0 Å². The first-order chi connectivity index (χ1) is 20.6. The van der Waals surface area contributed by atoms with Crippen molar-refractivity contribution in [1.29, 1.82) is 0 Å². The Kier molecular flexibility index (Phi) is 13.1. The number of aliphatic carboxylic acids is 2. The van der Waals surface area contributed by atoms with E-state index in [0.29, 0.717) is 5.75 Å². The molecular weight excluding hydrogens is 577 g/mol. The van der Waals surface area contributed by atoms with Crippen molar-refractivity contribution in [1.82, 2.24) is 0 Å². The Morgan fingerprint density at radius 2 is 1.33 bits per heavy atom.